The molecule has 0 spiro atoms. The first-order chi connectivity index (χ1) is 8.86. The van der Waals surface area contributed by atoms with Gasteiger partial charge in [-0.3, -0.25) is 4.72 Å². The van der Waals surface area contributed by atoms with Crippen molar-refractivity contribution in [1.29, 1.82) is 0 Å². The van der Waals surface area contributed by atoms with Gasteiger partial charge in [0.2, 0.25) is 10.0 Å². The van der Waals surface area contributed by atoms with Gasteiger partial charge in [0, 0.05) is 11.0 Å². The van der Waals surface area contributed by atoms with Gasteiger partial charge in [0.15, 0.2) is 0 Å². The van der Waals surface area contributed by atoms with E-state index in [0.717, 1.165) is 23.0 Å². The first-order valence-corrected chi connectivity index (χ1v) is 8.69. The zero-order valence-electron chi connectivity index (χ0n) is 11.5. The fourth-order valence-electron chi connectivity index (χ4n) is 1.59. The monoisotopic (exact) mass is 348 g/mol. The smallest absolute Gasteiger partial charge is 0.236 e. The van der Waals surface area contributed by atoms with Crippen LogP contribution in [0.15, 0.2) is 22.7 Å². The summed E-state index contributed by atoms with van der Waals surface area (Å²) < 4.78 is 27.9. The Bertz CT molecular complexity index is 517. The fourth-order valence-corrected chi connectivity index (χ4v) is 3.14. The van der Waals surface area contributed by atoms with Crippen molar-refractivity contribution >= 4 is 31.6 Å². The lowest BCUT2D eigenvalue weighted by Crippen LogP contribution is -2.35. The van der Waals surface area contributed by atoms with Crippen molar-refractivity contribution in [3.8, 4) is 0 Å². The van der Waals surface area contributed by atoms with Crippen LogP contribution in [0.25, 0.3) is 0 Å². The van der Waals surface area contributed by atoms with Gasteiger partial charge in [-0.25, -0.2) is 8.42 Å². The molecule has 0 saturated carbocycles. The van der Waals surface area contributed by atoms with E-state index in [9.17, 15) is 8.42 Å². The van der Waals surface area contributed by atoms with Gasteiger partial charge in [0.05, 0.1) is 10.9 Å². The van der Waals surface area contributed by atoms with E-state index in [1.807, 2.05) is 19.1 Å². The predicted molar refractivity (Wildman–Crippen MR) is 84.0 cm³/mol. The topological polar surface area (TPSA) is 58.2 Å². The van der Waals surface area contributed by atoms with Gasteiger partial charge in [-0.1, -0.05) is 22.9 Å². The second kappa shape index (κ2) is 7.26. The van der Waals surface area contributed by atoms with Gasteiger partial charge in [-0.05, 0) is 50.6 Å². The van der Waals surface area contributed by atoms with Crippen molar-refractivity contribution in [2.24, 2.45) is 0 Å². The highest BCUT2D eigenvalue weighted by Gasteiger charge is 2.20. The number of halogens is 1. The summed E-state index contributed by atoms with van der Waals surface area (Å²) in [4.78, 5) is 0. The van der Waals surface area contributed by atoms with Crippen LogP contribution in [0, 0.1) is 6.92 Å². The highest BCUT2D eigenvalue weighted by molar-refractivity contribution is 9.10. The molecule has 0 aliphatic rings. The van der Waals surface area contributed by atoms with Gasteiger partial charge < -0.3 is 5.32 Å². The molecule has 0 aliphatic heterocycles. The number of aryl methyl sites for hydroxylation is 1. The normalized spacial score (nSPS) is 13.3. The second-order valence-electron chi connectivity index (χ2n) is 4.62. The average Bonchev–Trinajstić information content (AvgIpc) is 2.33. The van der Waals surface area contributed by atoms with E-state index >= 15 is 0 Å². The minimum Gasteiger partial charge on any atom is -0.315 e. The van der Waals surface area contributed by atoms with Gasteiger partial charge in [0.25, 0.3) is 0 Å². The SMILES string of the molecule is CCCNCC(C)S(=O)(=O)Nc1ccc(Br)cc1C. The molecule has 0 amide bonds. The number of hydrogen-bond donors (Lipinski definition) is 2. The summed E-state index contributed by atoms with van der Waals surface area (Å²) in [6.45, 7) is 6.92. The van der Waals surface area contributed by atoms with Crippen LogP contribution in [0.3, 0.4) is 0 Å². The minimum atomic E-state index is -3.36. The second-order valence-corrected chi connectivity index (χ2v) is 7.64. The van der Waals surface area contributed by atoms with E-state index in [0.29, 0.717) is 12.2 Å². The first kappa shape index (κ1) is 16.5. The van der Waals surface area contributed by atoms with Crippen LogP contribution in [-0.4, -0.2) is 26.8 Å². The fraction of sp³-hybridized carbons (Fsp3) is 0.538. The number of benzene rings is 1. The molecule has 0 aliphatic carbocycles. The quantitative estimate of drug-likeness (QED) is 0.745. The number of rotatable bonds is 7. The van der Waals surface area contributed by atoms with Crippen LogP contribution in [0.5, 0.6) is 0 Å². The lowest BCUT2D eigenvalue weighted by molar-refractivity contribution is 0.575. The highest BCUT2D eigenvalue weighted by atomic mass is 79.9. The highest BCUT2D eigenvalue weighted by Crippen LogP contribution is 2.21. The summed E-state index contributed by atoms with van der Waals surface area (Å²) in [6.07, 6.45) is 0.992. The van der Waals surface area contributed by atoms with Crippen molar-refractivity contribution in [3.63, 3.8) is 0 Å². The Morgan fingerprint density at radius 3 is 2.63 bits per heavy atom. The molecule has 0 aromatic heterocycles. The van der Waals surface area contributed by atoms with E-state index in [2.05, 4.69) is 32.9 Å². The van der Waals surface area contributed by atoms with Crippen LogP contribution < -0.4 is 10.0 Å². The molecule has 4 nitrogen and oxygen atoms in total. The summed E-state index contributed by atoms with van der Waals surface area (Å²) in [5.74, 6) is 0. The predicted octanol–water partition coefficient (Wildman–Crippen LogP) is 2.89. The van der Waals surface area contributed by atoms with E-state index in [1.165, 1.54) is 0 Å². The van der Waals surface area contributed by atoms with Crippen molar-refractivity contribution in [2.75, 3.05) is 17.8 Å². The number of hydrogen-bond acceptors (Lipinski definition) is 3. The molecule has 19 heavy (non-hydrogen) atoms. The molecule has 6 heteroatoms. The Balaban J connectivity index is 2.73. The maximum absolute atomic E-state index is 12.2. The van der Waals surface area contributed by atoms with Crippen LogP contribution in [0.4, 0.5) is 5.69 Å². The molecule has 0 heterocycles. The maximum Gasteiger partial charge on any atom is 0.236 e. The molecule has 1 atom stereocenters. The van der Waals surface area contributed by atoms with Crippen LogP contribution in [0.2, 0.25) is 0 Å². The van der Waals surface area contributed by atoms with E-state index in [4.69, 9.17) is 0 Å². The summed E-state index contributed by atoms with van der Waals surface area (Å²) in [5, 5.41) is 2.65. The Hall–Kier alpha value is -0.590. The molecular formula is C13H21BrN2O2S. The Morgan fingerprint density at radius 2 is 2.05 bits per heavy atom. The third kappa shape index (κ3) is 5.12. The van der Waals surface area contributed by atoms with Crippen molar-refractivity contribution in [2.45, 2.75) is 32.4 Å². The average molecular weight is 349 g/mol. The summed E-state index contributed by atoms with van der Waals surface area (Å²) in [6, 6.07) is 5.48. The Morgan fingerprint density at radius 1 is 1.37 bits per heavy atom. The van der Waals surface area contributed by atoms with E-state index in [-0.39, 0.29) is 0 Å². The lowest BCUT2D eigenvalue weighted by Gasteiger charge is -2.16. The molecule has 0 bridgehead atoms. The molecule has 1 aromatic rings. The lowest BCUT2D eigenvalue weighted by atomic mass is 10.2. The van der Waals surface area contributed by atoms with Crippen LogP contribution in [0.1, 0.15) is 25.8 Å². The standard InChI is InChI=1S/C13H21BrN2O2S/c1-4-7-15-9-11(3)19(17,18)16-13-6-5-12(14)8-10(13)2/h5-6,8,11,15-16H,4,7,9H2,1-3H3. The molecule has 2 N–H and O–H groups in total. The molecule has 1 rings (SSSR count). The molecule has 1 aromatic carbocycles. The number of sulfonamides is 1. The molecule has 0 fully saturated rings. The van der Waals surface area contributed by atoms with Crippen molar-refractivity contribution in [3.05, 3.63) is 28.2 Å². The Labute approximate surface area is 124 Å². The molecular weight excluding hydrogens is 328 g/mol. The molecule has 0 radical (unpaired) electrons. The first-order valence-electron chi connectivity index (χ1n) is 6.35. The molecule has 1 unspecified atom stereocenters. The number of nitrogens with one attached hydrogen (secondary N) is 2. The third-order valence-corrected chi connectivity index (χ3v) is 5.05. The zero-order chi connectivity index (χ0) is 14.5. The van der Waals surface area contributed by atoms with Gasteiger partial charge in [-0.2, -0.15) is 0 Å². The Kier molecular flexibility index (Phi) is 6.29. The molecule has 108 valence electrons. The van der Waals surface area contributed by atoms with Gasteiger partial charge in [-0.15, -0.1) is 0 Å². The van der Waals surface area contributed by atoms with Crippen LogP contribution >= 0.6 is 15.9 Å². The zero-order valence-corrected chi connectivity index (χ0v) is 13.9. The molecule has 0 saturated heterocycles. The maximum atomic E-state index is 12.2. The van der Waals surface area contributed by atoms with Crippen molar-refractivity contribution in [1.82, 2.24) is 5.32 Å². The summed E-state index contributed by atoms with van der Waals surface area (Å²) in [5.41, 5.74) is 1.53. The summed E-state index contributed by atoms with van der Waals surface area (Å²) >= 11 is 3.36. The number of anilines is 1. The van der Waals surface area contributed by atoms with Gasteiger partial charge in [0.1, 0.15) is 0 Å². The third-order valence-electron chi connectivity index (χ3n) is 2.83. The van der Waals surface area contributed by atoms with Gasteiger partial charge >= 0.3 is 0 Å². The largest absolute Gasteiger partial charge is 0.315 e. The summed E-state index contributed by atoms with van der Waals surface area (Å²) in [7, 11) is -3.36. The van der Waals surface area contributed by atoms with Crippen LogP contribution in [-0.2, 0) is 10.0 Å². The van der Waals surface area contributed by atoms with E-state index < -0.39 is 15.3 Å². The van der Waals surface area contributed by atoms with Crippen molar-refractivity contribution < 1.29 is 8.42 Å². The minimum absolute atomic E-state index is 0.457. The van der Waals surface area contributed by atoms with E-state index in [1.54, 1.807) is 13.0 Å².